The van der Waals surface area contributed by atoms with Crippen molar-refractivity contribution in [3.63, 3.8) is 0 Å². The number of unbranched alkanes of at least 4 members (excludes halogenated alkanes) is 30. The summed E-state index contributed by atoms with van der Waals surface area (Å²) in [6.07, 6.45) is 49.9. The third-order valence-electron chi connectivity index (χ3n) is 10.0. The van der Waals surface area contributed by atoms with E-state index in [1.165, 1.54) is 251 Å². The predicted octanol–water partition coefficient (Wildman–Crippen LogP) is 18.9. The van der Waals surface area contributed by atoms with Crippen molar-refractivity contribution in [3.05, 3.63) is 16.0 Å². The molecule has 0 saturated carbocycles. The Kier molecular flexibility index (Phi) is 77.3. The Morgan fingerprint density at radius 3 is 0.453 bits per heavy atom. The van der Waals surface area contributed by atoms with E-state index in [2.05, 4.69) is 66.8 Å². The van der Waals surface area contributed by atoms with Gasteiger partial charge in [-0.3, -0.25) is 0 Å². The van der Waals surface area contributed by atoms with Crippen LogP contribution in [-0.4, -0.2) is 39.3 Å². The molecule has 0 heterocycles. The topological polar surface area (TPSA) is 42.3 Å². The molecule has 0 saturated heterocycles. The van der Waals surface area contributed by atoms with Gasteiger partial charge in [-0.2, -0.15) is 0 Å². The van der Waals surface area contributed by atoms with Crippen LogP contribution in [0.15, 0.2) is 0 Å². The van der Waals surface area contributed by atoms with E-state index in [0.717, 1.165) is 39.3 Å². The van der Waals surface area contributed by atoms with Crippen molar-refractivity contribution >= 4 is 9.30 Å². The summed E-state index contributed by atoms with van der Waals surface area (Å²) in [5, 5.41) is 13.8. The Hall–Kier alpha value is 0.884. The van der Waals surface area contributed by atoms with Crippen LogP contribution in [0.2, 0.25) is 0 Å². The molecular weight excluding hydrogens is 702 g/mol. The Morgan fingerprint density at radius 2 is 0.321 bits per heavy atom. The summed E-state index contributed by atoms with van der Waals surface area (Å²) in [4.78, 5) is 0. The molecule has 0 bridgehead atoms. The Bertz CT molecular complexity index is 412. The van der Waals surface area contributed by atoms with E-state index >= 15 is 0 Å². The molecule has 53 heavy (non-hydrogen) atoms. The van der Waals surface area contributed by atoms with Crippen LogP contribution < -0.4 is 0 Å². The zero-order chi connectivity index (χ0) is 39.8. The van der Waals surface area contributed by atoms with Crippen LogP contribution in [0.5, 0.6) is 0 Å². The SMILES string of the molecule is CCCCCCCC[N-]CCCCCCCC.CCCCCCCC[N-]CCCCCCCC.CCCCCCCC[N-]CCCCCCCC.[Cl][Ti+3]. The number of rotatable bonds is 42. The van der Waals surface area contributed by atoms with Gasteiger partial charge < -0.3 is 16.0 Å². The monoisotopic (exact) mass is 804 g/mol. The Balaban J connectivity index is -0.000000331. The number of nitrogens with zero attached hydrogens (tertiary/aromatic N) is 3. The van der Waals surface area contributed by atoms with Crippen molar-refractivity contribution < 1.29 is 19.4 Å². The van der Waals surface area contributed by atoms with Crippen molar-refractivity contribution in [2.45, 2.75) is 273 Å². The van der Waals surface area contributed by atoms with Gasteiger partial charge in [-0.05, 0) is 0 Å². The molecule has 0 aromatic heterocycles. The fourth-order valence-corrected chi connectivity index (χ4v) is 6.36. The summed E-state index contributed by atoms with van der Waals surface area (Å²) in [7, 11) is 4.64. The first kappa shape index (κ1) is 60.6. The molecule has 0 aliphatic carbocycles. The molecule has 0 unspecified atom stereocenters. The van der Waals surface area contributed by atoms with Crippen LogP contribution in [0, 0.1) is 0 Å². The van der Waals surface area contributed by atoms with E-state index in [-0.39, 0.29) is 0 Å². The molecule has 0 aromatic rings. The number of halogens is 1. The molecule has 0 fully saturated rings. The van der Waals surface area contributed by atoms with Gasteiger partial charge in [0.15, 0.2) is 0 Å². The van der Waals surface area contributed by atoms with E-state index in [0.29, 0.717) is 0 Å². The van der Waals surface area contributed by atoms with Crippen LogP contribution in [0.3, 0.4) is 0 Å². The van der Waals surface area contributed by atoms with Crippen molar-refractivity contribution in [2.75, 3.05) is 39.3 Å². The zero-order valence-corrected chi connectivity index (χ0v) is 40.2. The van der Waals surface area contributed by atoms with Gasteiger partial charge in [0.25, 0.3) is 0 Å². The second-order valence-electron chi connectivity index (χ2n) is 15.6. The third kappa shape index (κ3) is 74.5. The molecule has 0 aliphatic heterocycles. The van der Waals surface area contributed by atoms with Gasteiger partial charge in [0.05, 0.1) is 0 Å². The maximum absolute atomic E-state index is 4.64. The van der Waals surface area contributed by atoms with Gasteiger partial charge in [-0.15, -0.1) is 39.3 Å². The zero-order valence-electron chi connectivity index (χ0n) is 37.9. The fourth-order valence-electron chi connectivity index (χ4n) is 6.36. The molecule has 0 aliphatic rings. The Labute approximate surface area is 354 Å². The summed E-state index contributed by atoms with van der Waals surface area (Å²) in [5.41, 5.74) is 0. The van der Waals surface area contributed by atoms with Gasteiger partial charge in [-0.25, -0.2) is 0 Å². The summed E-state index contributed by atoms with van der Waals surface area (Å²) < 4.78 is 0. The average molecular weight is 805 g/mol. The maximum atomic E-state index is 4.64. The molecule has 0 N–H and O–H groups in total. The van der Waals surface area contributed by atoms with Crippen LogP contribution >= 0.6 is 9.30 Å². The molecular formula is C48H102ClN3Ti. The van der Waals surface area contributed by atoms with E-state index in [4.69, 9.17) is 0 Å². The number of hydrogen-bond donors (Lipinski definition) is 0. The summed E-state index contributed by atoms with van der Waals surface area (Å²) in [5.74, 6) is 0. The fraction of sp³-hybridized carbons (Fsp3) is 1.00. The molecule has 0 aromatic carbocycles. The molecule has 0 spiro atoms. The normalized spacial score (nSPS) is 10.7. The predicted molar refractivity (Wildman–Crippen MR) is 245 cm³/mol. The van der Waals surface area contributed by atoms with Gasteiger partial charge in [0.2, 0.25) is 0 Å². The summed E-state index contributed by atoms with van der Waals surface area (Å²) in [6.45, 7) is 20.3. The molecule has 320 valence electrons. The van der Waals surface area contributed by atoms with Gasteiger partial charge in [0, 0.05) is 0 Å². The standard InChI is InChI=1S/3C16H34N.ClH.Ti/c3*1-3-5-7-9-11-13-15-17-16-14-12-10-8-6-4-2;;/h3*3-16H2,1-2H3;1H;/q3*-1;;+4/p-1. The first-order chi connectivity index (χ1) is 26.2. The second-order valence-corrected chi connectivity index (χ2v) is 15.6. The van der Waals surface area contributed by atoms with E-state index in [1.54, 1.807) is 0 Å². The van der Waals surface area contributed by atoms with E-state index < -0.39 is 0 Å². The molecule has 0 rings (SSSR count). The summed E-state index contributed by atoms with van der Waals surface area (Å²) in [6, 6.07) is 0. The van der Waals surface area contributed by atoms with Crippen LogP contribution in [0.1, 0.15) is 273 Å². The minimum atomic E-state index is 1.11. The van der Waals surface area contributed by atoms with Crippen LogP contribution in [0.25, 0.3) is 16.0 Å². The van der Waals surface area contributed by atoms with Crippen LogP contribution in [0.4, 0.5) is 0 Å². The van der Waals surface area contributed by atoms with E-state index in [1.807, 2.05) is 0 Å². The quantitative estimate of drug-likeness (QED) is 0.0436. The second kappa shape index (κ2) is 67.6. The average Bonchev–Trinajstić information content (AvgIpc) is 3.18. The van der Waals surface area contributed by atoms with E-state index in [9.17, 15) is 0 Å². The molecule has 0 radical (unpaired) electrons. The molecule has 0 atom stereocenters. The van der Waals surface area contributed by atoms with Crippen molar-refractivity contribution in [1.82, 2.24) is 0 Å². The van der Waals surface area contributed by atoms with Crippen molar-refractivity contribution in [3.8, 4) is 0 Å². The Morgan fingerprint density at radius 1 is 0.208 bits per heavy atom. The molecule has 0 amide bonds. The number of hydrogen-bond acceptors (Lipinski definition) is 0. The van der Waals surface area contributed by atoms with Crippen LogP contribution in [-0.2, 0) is 19.4 Å². The van der Waals surface area contributed by atoms with Crippen molar-refractivity contribution in [1.29, 1.82) is 0 Å². The van der Waals surface area contributed by atoms with Gasteiger partial charge in [-0.1, -0.05) is 273 Å². The van der Waals surface area contributed by atoms with Gasteiger partial charge in [0.1, 0.15) is 0 Å². The third-order valence-corrected chi connectivity index (χ3v) is 10.0. The minimum absolute atomic E-state index is 1.11. The first-order valence-electron chi connectivity index (χ1n) is 24.3. The van der Waals surface area contributed by atoms with Crippen molar-refractivity contribution in [2.24, 2.45) is 0 Å². The first-order valence-corrected chi connectivity index (χ1v) is 26.5. The summed E-state index contributed by atoms with van der Waals surface area (Å²) >= 11 is 1.47. The molecule has 3 nitrogen and oxygen atoms in total. The van der Waals surface area contributed by atoms with Gasteiger partial charge >= 0.3 is 28.7 Å². The molecule has 5 heteroatoms.